The van der Waals surface area contributed by atoms with Crippen LogP contribution in [0, 0.1) is 10.1 Å². The number of hydrogen-bond acceptors (Lipinski definition) is 5. The third-order valence-corrected chi connectivity index (χ3v) is 6.63. The monoisotopic (exact) mass is 530 g/mol. The van der Waals surface area contributed by atoms with Gasteiger partial charge in [0.25, 0.3) is 5.69 Å². The van der Waals surface area contributed by atoms with Crippen molar-refractivity contribution in [2.75, 3.05) is 5.32 Å². The van der Waals surface area contributed by atoms with Crippen molar-refractivity contribution < 1.29 is 14.5 Å². The van der Waals surface area contributed by atoms with E-state index in [2.05, 4.69) is 26.6 Å². The molecule has 8 nitrogen and oxygen atoms in total. The number of halogens is 1. The maximum Gasteiger partial charge on any atom is 0.292 e. The summed E-state index contributed by atoms with van der Waals surface area (Å²) in [5.74, 6) is -0.902. The van der Waals surface area contributed by atoms with Gasteiger partial charge in [0.1, 0.15) is 5.69 Å². The van der Waals surface area contributed by atoms with Crippen molar-refractivity contribution >= 4 is 39.1 Å². The van der Waals surface area contributed by atoms with E-state index in [9.17, 15) is 19.7 Å². The predicted octanol–water partition coefficient (Wildman–Crippen LogP) is 5.16. The van der Waals surface area contributed by atoms with Crippen molar-refractivity contribution in [1.82, 2.24) is 5.32 Å². The number of nitro benzene ring substituents is 1. The molecule has 1 aliphatic rings. The Bertz CT molecular complexity index is 1000. The molecule has 1 aliphatic carbocycles. The van der Waals surface area contributed by atoms with E-state index in [4.69, 9.17) is 5.73 Å². The van der Waals surface area contributed by atoms with Crippen molar-refractivity contribution in [3.05, 3.63) is 68.2 Å². The van der Waals surface area contributed by atoms with Crippen LogP contribution in [0.25, 0.3) is 0 Å². The van der Waals surface area contributed by atoms with Gasteiger partial charge in [-0.3, -0.25) is 19.7 Å². The van der Waals surface area contributed by atoms with Crippen LogP contribution in [-0.4, -0.2) is 22.8 Å². The molecule has 1 atom stereocenters. The van der Waals surface area contributed by atoms with Crippen LogP contribution >= 0.6 is 15.9 Å². The van der Waals surface area contributed by atoms with E-state index >= 15 is 0 Å². The second-order valence-electron chi connectivity index (χ2n) is 8.81. The summed E-state index contributed by atoms with van der Waals surface area (Å²) in [6.45, 7) is 0. The van der Waals surface area contributed by atoms with Gasteiger partial charge in [0.2, 0.25) is 11.8 Å². The Hall–Kier alpha value is -2.94. The summed E-state index contributed by atoms with van der Waals surface area (Å²) >= 11 is 3.36. The smallest absolute Gasteiger partial charge is 0.292 e. The molecule has 3 rings (SSSR count). The summed E-state index contributed by atoms with van der Waals surface area (Å²) in [5, 5.41) is 18.0. The standard InChI is InChI=1S/C25H31BrN4O4/c26-19-11-8-17(9-12-19)14-25(32)29-22(16-24(27)31)18-10-13-21(23(15-18)30(33)34)28-20-6-4-2-1-3-5-7-20/h8-13,15,20,22,28H,1-7,14,16H2,(H2,27,31)(H,29,32). The molecule has 2 amide bonds. The first-order valence-corrected chi connectivity index (χ1v) is 12.5. The number of primary amides is 1. The SMILES string of the molecule is NC(=O)CC(NC(=O)Cc1ccc(Br)cc1)c1ccc(NC2CCCCCCC2)c([N+](=O)[O-])c1. The minimum atomic E-state index is -0.755. The molecule has 0 spiro atoms. The summed E-state index contributed by atoms with van der Waals surface area (Å²) in [6, 6.07) is 11.6. The molecule has 0 saturated heterocycles. The van der Waals surface area contributed by atoms with Gasteiger partial charge in [0, 0.05) is 16.6 Å². The summed E-state index contributed by atoms with van der Waals surface area (Å²) in [5.41, 5.74) is 7.08. The Kier molecular flexibility index (Phi) is 9.44. The first-order valence-electron chi connectivity index (χ1n) is 11.7. The van der Waals surface area contributed by atoms with Gasteiger partial charge in [-0.15, -0.1) is 0 Å². The Labute approximate surface area is 208 Å². The molecule has 0 aliphatic heterocycles. The normalized spacial score (nSPS) is 15.6. The van der Waals surface area contributed by atoms with E-state index < -0.39 is 16.9 Å². The Morgan fingerprint density at radius 1 is 1.06 bits per heavy atom. The van der Waals surface area contributed by atoms with Gasteiger partial charge in [-0.1, -0.05) is 66.2 Å². The number of nitrogens with one attached hydrogen (secondary N) is 2. The van der Waals surface area contributed by atoms with Gasteiger partial charge in [-0.25, -0.2) is 0 Å². The fourth-order valence-electron chi connectivity index (χ4n) is 4.35. The van der Waals surface area contributed by atoms with E-state index in [0.717, 1.165) is 35.7 Å². The minimum absolute atomic E-state index is 0.0730. The van der Waals surface area contributed by atoms with Crippen molar-refractivity contribution in [2.45, 2.75) is 69.9 Å². The quantitative estimate of drug-likeness (QED) is 0.304. The number of rotatable bonds is 9. The van der Waals surface area contributed by atoms with E-state index in [1.54, 1.807) is 12.1 Å². The van der Waals surface area contributed by atoms with Crippen LogP contribution in [0.15, 0.2) is 46.9 Å². The zero-order valence-corrected chi connectivity index (χ0v) is 20.7. The summed E-state index contributed by atoms with van der Waals surface area (Å²) in [6.07, 6.45) is 7.76. The third-order valence-electron chi connectivity index (χ3n) is 6.10. The first-order chi connectivity index (χ1) is 16.3. The highest BCUT2D eigenvalue weighted by Gasteiger charge is 2.23. The van der Waals surface area contributed by atoms with Crippen molar-refractivity contribution in [1.29, 1.82) is 0 Å². The lowest BCUT2D eigenvalue weighted by Gasteiger charge is -2.23. The molecule has 182 valence electrons. The molecule has 0 radical (unpaired) electrons. The topological polar surface area (TPSA) is 127 Å². The van der Waals surface area contributed by atoms with Crippen LogP contribution in [0.4, 0.5) is 11.4 Å². The van der Waals surface area contributed by atoms with Crippen LogP contribution in [0.3, 0.4) is 0 Å². The summed E-state index contributed by atoms with van der Waals surface area (Å²) < 4.78 is 0.906. The van der Waals surface area contributed by atoms with Crippen LogP contribution < -0.4 is 16.4 Å². The van der Waals surface area contributed by atoms with Gasteiger partial charge in [0.15, 0.2) is 0 Å². The summed E-state index contributed by atoms with van der Waals surface area (Å²) in [4.78, 5) is 35.8. The average molecular weight is 531 g/mol. The molecule has 0 aromatic heterocycles. The fourth-order valence-corrected chi connectivity index (χ4v) is 4.61. The second-order valence-corrected chi connectivity index (χ2v) is 9.73. The molecule has 2 aromatic carbocycles. The van der Waals surface area contributed by atoms with Gasteiger partial charge in [-0.05, 0) is 42.2 Å². The molecule has 0 heterocycles. The zero-order valence-electron chi connectivity index (χ0n) is 19.1. The number of nitrogens with zero attached hydrogens (tertiary/aromatic N) is 1. The lowest BCUT2D eigenvalue weighted by Crippen LogP contribution is -2.33. The first kappa shape index (κ1) is 25.7. The maximum atomic E-state index is 12.7. The van der Waals surface area contributed by atoms with Crippen LogP contribution in [0.2, 0.25) is 0 Å². The molecular weight excluding hydrogens is 500 g/mol. The largest absolute Gasteiger partial charge is 0.377 e. The molecule has 1 unspecified atom stereocenters. The Morgan fingerprint density at radius 3 is 2.32 bits per heavy atom. The molecular formula is C25H31BrN4O4. The molecule has 2 aromatic rings. The number of anilines is 1. The second kappa shape index (κ2) is 12.5. The highest BCUT2D eigenvalue weighted by molar-refractivity contribution is 9.10. The highest BCUT2D eigenvalue weighted by Crippen LogP contribution is 2.31. The van der Waals surface area contributed by atoms with Gasteiger partial charge in [0.05, 0.1) is 23.8 Å². The van der Waals surface area contributed by atoms with E-state index in [1.165, 1.54) is 25.3 Å². The van der Waals surface area contributed by atoms with Gasteiger partial charge in [-0.2, -0.15) is 0 Å². The molecule has 1 fully saturated rings. The van der Waals surface area contributed by atoms with Gasteiger partial charge < -0.3 is 16.4 Å². The van der Waals surface area contributed by atoms with Gasteiger partial charge >= 0.3 is 0 Å². The van der Waals surface area contributed by atoms with Crippen molar-refractivity contribution in [3.63, 3.8) is 0 Å². The lowest BCUT2D eigenvalue weighted by atomic mass is 9.96. The molecule has 0 bridgehead atoms. The molecule has 9 heteroatoms. The number of carbonyl (C=O) groups is 2. The highest BCUT2D eigenvalue weighted by atomic mass is 79.9. The van der Waals surface area contributed by atoms with Crippen LogP contribution in [0.1, 0.15) is 68.5 Å². The zero-order chi connectivity index (χ0) is 24.5. The summed E-state index contributed by atoms with van der Waals surface area (Å²) in [7, 11) is 0. The van der Waals surface area contributed by atoms with E-state index in [-0.39, 0.29) is 30.5 Å². The number of hydrogen-bond donors (Lipinski definition) is 3. The number of nitrogens with two attached hydrogens (primary N) is 1. The molecule has 34 heavy (non-hydrogen) atoms. The Balaban J connectivity index is 1.77. The Morgan fingerprint density at radius 2 is 1.71 bits per heavy atom. The maximum absolute atomic E-state index is 12.7. The predicted molar refractivity (Wildman–Crippen MR) is 135 cm³/mol. The average Bonchev–Trinajstić information content (AvgIpc) is 2.76. The molecule has 4 N–H and O–H groups in total. The van der Waals surface area contributed by atoms with Crippen LogP contribution in [-0.2, 0) is 16.0 Å². The number of carbonyl (C=O) groups excluding carboxylic acids is 2. The number of nitro groups is 1. The molecule has 1 saturated carbocycles. The van der Waals surface area contributed by atoms with Crippen LogP contribution in [0.5, 0.6) is 0 Å². The minimum Gasteiger partial charge on any atom is -0.377 e. The van der Waals surface area contributed by atoms with Crippen molar-refractivity contribution in [3.8, 4) is 0 Å². The fraction of sp³-hybridized carbons (Fsp3) is 0.440. The van der Waals surface area contributed by atoms with E-state index in [1.807, 2.05) is 24.3 Å². The van der Waals surface area contributed by atoms with Crippen molar-refractivity contribution in [2.24, 2.45) is 5.73 Å². The number of amides is 2. The lowest BCUT2D eigenvalue weighted by molar-refractivity contribution is -0.384. The number of benzene rings is 2. The third kappa shape index (κ3) is 7.83. The van der Waals surface area contributed by atoms with E-state index in [0.29, 0.717) is 11.3 Å².